The maximum Gasteiger partial charge on any atom is 0.231 e. The van der Waals surface area contributed by atoms with Gasteiger partial charge in [0.25, 0.3) is 0 Å². The Kier molecular flexibility index (Phi) is 4.45. The molecule has 0 bridgehead atoms. The van der Waals surface area contributed by atoms with Crippen LogP contribution in [0.15, 0.2) is 24.3 Å². The molecule has 4 aliphatic rings. The molecule has 0 aromatic heterocycles. The first-order valence-corrected chi connectivity index (χ1v) is 10.6. The van der Waals surface area contributed by atoms with Crippen LogP contribution in [0.3, 0.4) is 0 Å². The van der Waals surface area contributed by atoms with Gasteiger partial charge in [0.1, 0.15) is 0 Å². The smallest absolute Gasteiger partial charge is 0.231 e. The lowest BCUT2D eigenvalue weighted by Crippen LogP contribution is -2.57. The Morgan fingerprint density at radius 3 is 2.75 bits per heavy atom. The third kappa shape index (κ3) is 2.63. The predicted octanol–water partition coefficient (Wildman–Crippen LogP) is 3.17. The minimum Gasteiger partial charge on any atom is -0.454 e. The van der Waals surface area contributed by atoms with Gasteiger partial charge in [-0.05, 0) is 55.6 Å². The van der Waals surface area contributed by atoms with Crippen molar-refractivity contribution >= 4 is 0 Å². The van der Waals surface area contributed by atoms with Gasteiger partial charge in [0, 0.05) is 37.7 Å². The Morgan fingerprint density at radius 2 is 2.00 bits per heavy atom. The molecule has 1 aromatic carbocycles. The standard InChI is InChI=1S/C23H32N2O3/c1-15(2)6-8-25-12-16-9-19-20(28-14-27-19)11-18(16)23-7-5-17(26-4)10-21(23)24(3)13-22(23)25/h5,7,9,11,15,17,21-22H,6,8,10,12-14H2,1-4H3/t17-,21-,22-,23+/m1/s1. The summed E-state index contributed by atoms with van der Waals surface area (Å²) in [6.45, 7) is 8.19. The molecular formula is C23H32N2O3. The Labute approximate surface area is 168 Å². The molecule has 5 heteroatoms. The Bertz CT molecular complexity index is 792. The van der Waals surface area contributed by atoms with Crippen molar-refractivity contribution in [1.82, 2.24) is 9.80 Å². The van der Waals surface area contributed by atoms with Gasteiger partial charge in [0.05, 0.1) is 6.10 Å². The first kappa shape index (κ1) is 18.5. The number of ether oxygens (including phenoxy) is 3. The van der Waals surface area contributed by atoms with Crippen LogP contribution in [0.5, 0.6) is 11.5 Å². The second-order valence-electron chi connectivity index (χ2n) is 9.29. The zero-order valence-corrected chi connectivity index (χ0v) is 17.5. The van der Waals surface area contributed by atoms with E-state index in [1.807, 2.05) is 7.11 Å². The molecule has 5 rings (SSSR count). The van der Waals surface area contributed by atoms with Crippen LogP contribution in [-0.2, 0) is 16.7 Å². The van der Waals surface area contributed by atoms with Crippen LogP contribution < -0.4 is 9.47 Å². The van der Waals surface area contributed by atoms with Gasteiger partial charge in [0.2, 0.25) is 6.79 Å². The average molecular weight is 385 g/mol. The summed E-state index contributed by atoms with van der Waals surface area (Å²) in [5, 5.41) is 0. The summed E-state index contributed by atoms with van der Waals surface area (Å²) in [5.74, 6) is 2.51. The molecular weight excluding hydrogens is 352 g/mol. The predicted molar refractivity (Wildman–Crippen MR) is 109 cm³/mol. The molecule has 1 fully saturated rings. The molecule has 1 saturated heterocycles. The van der Waals surface area contributed by atoms with Gasteiger partial charge in [-0.2, -0.15) is 0 Å². The zero-order valence-electron chi connectivity index (χ0n) is 17.5. The van der Waals surface area contributed by atoms with Crippen LogP contribution in [0, 0.1) is 5.92 Å². The lowest BCUT2D eigenvalue weighted by atomic mass is 9.63. The van der Waals surface area contributed by atoms with Crippen molar-refractivity contribution in [2.24, 2.45) is 5.92 Å². The highest BCUT2D eigenvalue weighted by Gasteiger charge is 2.58. The number of nitrogens with zero attached hydrogens (tertiary/aromatic N) is 2. The fourth-order valence-electron chi connectivity index (χ4n) is 5.85. The Morgan fingerprint density at radius 1 is 1.21 bits per heavy atom. The highest BCUT2D eigenvalue weighted by molar-refractivity contribution is 5.56. The second kappa shape index (κ2) is 6.75. The molecule has 4 atom stereocenters. The van der Waals surface area contributed by atoms with Gasteiger partial charge >= 0.3 is 0 Å². The van der Waals surface area contributed by atoms with Crippen LogP contribution in [0.1, 0.15) is 37.8 Å². The van der Waals surface area contributed by atoms with Gasteiger partial charge in [-0.1, -0.05) is 26.0 Å². The minimum absolute atomic E-state index is 0.00464. The van der Waals surface area contributed by atoms with E-state index in [1.54, 1.807) is 0 Å². The van der Waals surface area contributed by atoms with E-state index in [-0.39, 0.29) is 11.5 Å². The third-order valence-electron chi connectivity index (χ3n) is 7.31. The van der Waals surface area contributed by atoms with Crippen LogP contribution >= 0.6 is 0 Å². The SMILES string of the molecule is CO[C@@H]1C=C[C@@]23c4cc5c(cc4CN(CCC(C)C)[C@@H]2CN(C)[C@@H]3C1)OCO5. The van der Waals surface area contributed by atoms with E-state index >= 15 is 0 Å². The number of fused-ring (bicyclic) bond motifs is 2. The van der Waals surface area contributed by atoms with E-state index < -0.39 is 0 Å². The van der Waals surface area contributed by atoms with Crippen molar-refractivity contribution in [2.75, 3.05) is 34.0 Å². The summed E-state index contributed by atoms with van der Waals surface area (Å²) >= 11 is 0. The molecule has 0 amide bonds. The van der Waals surface area contributed by atoms with Crippen molar-refractivity contribution in [3.05, 3.63) is 35.4 Å². The van der Waals surface area contributed by atoms with E-state index in [9.17, 15) is 0 Å². The Hall–Kier alpha value is -1.56. The number of hydrogen-bond acceptors (Lipinski definition) is 5. The summed E-state index contributed by atoms with van der Waals surface area (Å²) in [6, 6.07) is 5.43. The highest BCUT2D eigenvalue weighted by atomic mass is 16.7. The third-order valence-corrected chi connectivity index (χ3v) is 7.31. The molecule has 0 unspecified atom stereocenters. The minimum atomic E-state index is -0.00464. The topological polar surface area (TPSA) is 34.2 Å². The molecule has 1 aliphatic carbocycles. The van der Waals surface area contributed by atoms with Crippen molar-refractivity contribution in [3.63, 3.8) is 0 Å². The molecule has 0 saturated carbocycles. The Balaban J connectivity index is 1.64. The van der Waals surface area contributed by atoms with E-state index in [2.05, 4.69) is 55.0 Å². The van der Waals surface area contributed by atoms with Crippen molar-refractivity contribution in [3.8, 4) is 11.5 Å². The molecule has 3 aliphatic heterocycles. The first-order valence-electron chi connectivity index (χ1n) is 10.6. The largest absolute Gasteiger partial charge is 0.454 e. The van der Waals surface area contributed by atoms with Crippen LogP contribution in [0.25, 0.3) is 0 Å². The number of likely N-dealkylation sites (N-methyl/N-ethyl adjacent to an activating group) is 1. The van der Waals surface area contributed by atoms with E-state index in [1.165, 1.54) is 17.5 Å². The summed E-state index contributed by atoms with van der Waals surface area (Å²) in [7, 11) is 4.10. The van der Waals surface area contributed by atoms with Crippen molar-refractivity contribution < 1.29 is 14.2 Å². The van der Waals surface area contributed by atoms with Crippen LogP contribution in [0.4, 0.5) is 0 Å². The van der Waals surface area contributed by atoms with E-state index in [0.717, 1.165) is 37.6 Å². The molecule has 0 N–H and O–H groups in total. The fourth-order valence-corrected chi connectivity index (χ4v) is 5.85. The zero-order chi connectivity index (χ0) is 19.5. The van der Waals surface area contributed by atoms with Gasteiger partial charge in [0.15, 0.2) is 11.5 Å². The number of benzene rings is 1. The maximum atomic E-state index is 5.77. The van der Waals surface area contributed by atoms with Gasteiger partial charge < -0.3 is 19.1 Å². The molecule has 5 nitrogen and oxygen atoms in total. The number of rotatable bonds is 4. The lowest BCUT2D eigenvalue weighted by molar-refractivity contribution is 0.0760. The molecule has 1 aromatic rings. The van der Waals surface area contributed by atoms with Crippen molar-refractivity contribution in [1.29, 1.82) is 0 Å². The number of methoxy groups -OCH3 is 1. The van der Waals surface area contributed by atoms with Crippen LogP contribution in [0.2, 0.25) is 0 Å². The molecule has 28 heavy (non-hydrogen) atoms. The summed E-state index contributed by atoms with van der Waals surface area (Å²) in [5.41, 5.74) is 2.82. The monoisotopic (exact) mass is 384 g/mol. The molecule has 1 spiro atoms. The average Bonchev–Trinajstić information content (AvgIpc) is 3.26. The molecule has 0 radical (unpaired) electrons. The van der Waals surface area contributed by atoms with Gasteiger partial charge in [-0.15, -0.1) is 0 Å². The maximum absolute atomic E-state index is 5.77. The second-order valence-corrected chi connectivity index (χ2v) is 9.29. The van der Waals surface area contributed by atoms with Crippen LogP contribution in [-0.4, -0.2) is 62.0 Å². The lowest BCUT2D eigenvalue weighted by Gasteiger charge is -2.50. The number of hydrogen-bond donors (Lipinski definition) is 0. The molecule has 3 heterocycles. The van der Waals surface area contributed by atoms with Gasteiger partial charge in [-0.25, -0.2) is 0 Å². The molecule has 152 valence electrons. The highest BCUT2D eigenvalue weighted by Crippen LogP contribution is 2.53. The van der Waals surface area contributed by atoms with E-state index in [0.29, 0.717) is 24.8 Å². The van der Waals surface area contributed by atoms with Gasteiger partial charge in [-0.3, -0.25) is 4.90 Å². The summed E-state index contributed by atoms with van der Waals surface area (Å²) in [4.78, 5) is 5.28. The van der Waals surface area contributed by atoms with Crippen molar-refractivity contribution in [2.45, 2.75) is 56.8 Å². The number of likely N-dealkylation sites (tertiary alicyclic amines) is 1. The quantitative estimate of drug-likeness (QED) is 0.745. The fraction of sp³-hybridized carbons (Fsp3) is 0.652. The van der Waals surface area contributed by atoms with E-state index in [4.69, 9.17) is 14.2 Å². The summed E-state index contributed by atoms with van der Waals surface area (Å²) < 4.78 is 17.2. The first-order chi connectivity index (χ1) is 13.5. The normalized spacial score (nSPS) is 33.8. The summed E-state index contributed by atoms with van der Waals surface area (Å²) in [6.07, 6.45) is 7.21.